The van der Waals surface area contributed by atoms with Crippen LogP contribution in [0.25, 0.3) is 0 Å². The molecule has 1 N–H and O–H groups in total. The molecule has 1 fully saturated rings. The summed E-state index contributed by atoms with van der Waals surface area (Å²) in [5.74, 6) is -1.15. The summed E-state index contributed by atoms with van der Waals surface area (Å²) in [6, 6.07) is 3.24. The second-order valence-electron chi connectivity index (χ2n) is 4.35. The van der Waals surface area contributed by atoms with Crippen LogP contribution in [0, 0.1) is 12.7 Å². The van der Waals surface area contributed by atoms with Gasteiger partial charge < -0.3 is 15.0 Å². The third kappa shape index (κ3) is 2.46. The van der Waals surface area contributed by atoms with Crippen LogP contribution in [-0.2, 0) is 4.74 Å². The van der Waals surface area contributed by atoms with Gasteiger partial charge in [-0.1, -0.05) is 0 Å². The number of hydrogen-bond acceptors (Lipinski definition) is 4. The minimum Gasteiger partial charge on any atom is -0.465 e. The van der Waals surface area contributed by atoms with Gasteiger partial charge in [0.15, 0.2) is 0 Å². The molecular formula is C13H17FN2O2. The minimum atomic E-state index is -0.628. The van der Waals surface area contributed by atoms with Gasteiger partial charge in [0, 0.05) is 31.9 Å². The number of nitrogens with one attached hydrogen (secondary N) is 1. The lowest BCUT2D eigenvalue weighted by Gasteiger charge is -2.30. The van der Waals surface area contributed by atoms with E-state index in [9.17, 15) is 9.18 Å². The molecule has 1 heterocycles. The van der Waals surface area contributed by atoms with Crippen LogP contribution in [0.4, 0.5) is 10.1 Å². The van der Waals surface area contributed by atoms with Gasteiger partial charge in [-0.25, -0.2) is 9.18 Å². The number of aryl methyl sites for hydroxylation is 1. The van der Waals surface area contributed by atoms with E-state index in [4.69, 9.17) is 0 Å². The maximum atomic E-state index is 14.0. The monoisotopic (exact) mass is 252 g/mol. The van der Waals surface area contributed by atoms with Crippen LogP contribution < -0.4 is 10.2 Å². The molecule has 2 rings (SSSR count). The summed E-state index contributed by atoms with van der Waals surface area (Å²) in [7, 11) is 1.26. The van der Waals surface area contributed by atoms with Gasteiger partial charge in [-0.15, -0.1) is 0 Å². The number of anilines is 1. The van der Waals surface area contributed by atoms with Crippen molar-refractivity contribution in [3.8, 4) is 0 Å². The number of carbonyl (C=O) groups is 1. The molecule has 18 heavy (non-hydrogen) atoms. The lowest BCUT2D eigenvalue weighted by molar-refractivity contribution is 0.0594. The number of hydrogen-bond donors (Lipinski definition) is 1. The van der Waals surface area contributed by atoms with Crippen LogP contribution in [0.5, 0.6) is 0 Å². The number of esters is 1. The first-order valence-corrected chi connectivity index (χ1v) is 5.97. The Morgan fingerprint density at radius 3 is 2.61 bits per heavy atom. The molecule has 1 aromatic rings. The molecule has 0 bridgehead atoms. The van der Waals surface area contributed by atoms with Crippen molar-refractivity contribution in [2.75, 3.05) is 38.2 Å². The first kappa shape index (κ1) is 12.8. The molecule has 0 saturated carbocycles. The number of ether oxygens (including phenoxy) is 1. The smallest absolute Gasteiger partial charge is 0.341 e. The highest BCUT2D eigenvalue weighted by molar-refractivity contribution is 5.91. The van der Waals surface area contributed by atoms with Gasteiger partial charge in [0.05, 0.1) is 12.7 Å². The molecule has 1 saturated heterocycles. The molecule has 5 heteroatoms. The van der Waals surface area contributed by atoms with Crippen molar-refractivity contribution in [1.29, 1.82) is 0 Å². The molecule has 1 aliphatic heterocycles. The number of rotatable bonds is 2. The summed E-state index contributed by atoms with van der Waals surface area (Å²) < 4.78 is 18.5. The summed E-state index contributed by atoms with van der Waals surface area (Å²) in [6.07, 6.45) is 0. The highest BCUT2D eigenvalue weighted by atomic mass is 19.1. The van der Waals surface area contributed by atoms with Crippen molar-refractivity contribution in [2.24, 2.45) is 0 Å². The number of nitrogens with zero attached hydrogens (tertiary/aromatic N) is 1. The van der Waals surface area contributed by atoms with E-state index in [0.717, 1.165) is 31.9 Å². The first-order chi connectivity index (χ1) is 8.63. The lowest BCUT2D eigenvalue weighted by Crippen LogP contribution is -2.43. The van der Waals surface area contributed by atoms with Crippen molar-refractivity contribution in [3.63, 3.8) is 0 Å². The maximum Gasteiger partial charge on any atom is 0.341 e. The molecule has 98 valence electrons. The predicted octanol–water partition coefficient (Wildman–Crippen LogP) is 1.33. The molecule has 0 aliphatic carbocycles. The van der Waals surface area contributed by atoms with Crippen molar-refractivity contribution >= 4 is 11.7 Å². The van der Waals surface area contributed by atoms with Crippen LogP contribution in [0.3, 0.4) is 0 Å². The van der Waals surface area contributed by atoms with Crippen LogP contribution >= 0.6 is 0 Å². The van der Waals surface area contributed by atoms with Gasteiger partial charge in [0.1, 0.15) is 5.82 Å². The number of methoxy groups -OCH3 is 1. The Morgan fingerprint density at radius 2 is 2.06 bits per heavy atom. The van der Waals surface area contributed by atoms with Crippen LogP contribution in [-0.4, -0.2) is 39.3 Å². The van der Waals surface area contributed by atoms with E-state index in [1.807, 2.05) is 6.07 Å². The van der Waals surface area contributed by atoms with Crippen LogP contribution in [0.2, 0.25) is 0 Å². The second-order valence-corrected chi connectivity index (χ2v) is 4.35. The molecule has 0 atom stereocenters. The Bertz CT molecular complexity index is 433. The molecule has 1 aromatic carbocycles. The van der Waals surface area contributed by atoms with Crippen molar-refractivity contribution < 1.29 is 13.9 Å². The fourth-order valence-electron chi connectivity index (χ4n) is 2.19. The lowest BCUT2D eigenvalue weighted by atomic mass is 10.1. The highest BCUT2D eigenvalue weighted by Crippen LogP contribution is 2.23. The number of halogens is 1. The van der Waals surface area contributed by atoms with Crippen molar-refractivity contribution in [3.05, 3.63) is 29.1 Å². The number of benzene rings is 1. The van der Waals surface area contributed by atoms with E-state index in [0.29, 0.717) is 5.56 Å². The Balaban J connectivity index is 2.32. The van der Waals surface area contributed by atoms with E-state index < -0.39 is 11.8 Å². The van der Waals surface area contributed by atoms with E-state index >= 15 is 0 Å². The van der Waals surface area contributed by atoms with Gasteiger partial charge in [-0.3, -0.25) is 0 Å². The average Bonchev–Trinajstić information content (AvgIpc) is 2.38. The summed E-state index contributed by atoms with van der Waals surface area (Å²) in [4.78, 5) is 13.6. The number of piperazine rings is 1. The van der Waals surface area contributed by atoms with Gasteiger partial charge in [0.2, 0.25) is 0 Å². The zero-order valence-electron chi connectivity index (χ0n) is 10.6. The second kappa shape index (κ2) is 5.35. The zero-order valence-corrected chi connectivity index (χ0v) is 10.6. The summed E-state index contributed by atoms with van der Waals surface area (Å²) >= 11 is 0. The van der Waals surface area contributed by atoms with Gasteiger partial charge in [0.25, 0.3) is 0 Å². The van der Waals surface area contributed by atoms with Crippen LogP contribution in [0.15, 0.2) is 12.1 Å². The quantitative estimate of drug-likeness (QED) is 0.806. The molecule has 1 aliphatic rings. The molecule has 0 radical (unpaired) electrons. The van der Waals surface area contributed by atoms with E-state index in [2.05, 4.69) is 15.0 Å². The Morgan fingerprint density at radius 1 is 1.39 bits per heavy atom. The van der Waals surface area contributed by atoms with Gasteiger partial charge in [-0.2, -0.15) is 0 Å². The Labute approximate surface area is 106 Å². The first-order valence-electron chi connectivity index (χ1n) is 5.97. The predicted molar refractivity (Wildman–Crippen MR) is 67.6 cm³/mol. The molecular weight excluding hydrogens is 235 g/mol. The molecule has 0 aromatic heterocycles. The maximum absolute atomic E-state index is 14.0. The van der Waals surface area contributed by atoms with Gasteiger partial charge in [-0.05, 0) is 24.6 Å². The topological polar surface area (TPSA) is 41.6 Å². The third-order valence-corrected chi connectivity index (χ3v) is 3.14. The molecule has 0 amide bonds. The van der Waals surface area contributed by atoms with E-state index in [1.165, 1.54) is 13.2 Å². The third-order valence-electron chi connectivity index (χ3n) is 3.14. The molecule has 4 nitrogen and oxygen atoms in total. The minimum absolute atomic E-state index is 0.0244. The fourth-order valence-corrected chi connectivity index (χ4v) is 2.19. The Kier molecular flexibility index (Phi) is 3.81. The van der Waals surface area contributed by atoms with Crippen molar-refractivity contribution in [1.82, 2.24) is 5.32 Å². The molecule has 0 spiro atoms. The number of carbonyl (C=O) groups excluding carboxylic acids is 1. The summed E-state index contributed by atoms with van der Waals surface area (Å²) in [5.41, 5.74) is 1.45. The van der Waals surface area contributed by atoms with E-state index in [-0.39, 0.29) is 5.56 Å². The fraction of sp³-hybridized carbons (Fsp3) is 0.462. The SMILES string of the molecule is COC(=O)c1c(C)cc(N2CCNCC2)cc1F. The standard InChI is InChI=1S/C13H17FN2O2/c1-9-7-10(16-5-3-15-4-6-16)8-11(14)12(9)13(17)18-2/h7-8,15H,3-6H2,1-2H3. The highest BCUT2D eigenvalue weighted by Gasteiger charge is 2.19. The summed E-state index contributed by atoms with van der Waals surface area (Å²) in [6.45, 7) is 5.19. The zero-order chi connectivity index (χ0) is 13.1. The molecule has 0 unspecified atom stereocenters. The van der Waals surface area contributed by atoms with Gasteiger partial charge >= 0.3 is 5.97 Å². The van der Waals surface area contributed by atoms with Crippen LogP contribution in [0.1, 0.15) is 15.9 Å². The van der Waals surface area contributed by atoms with Crippen molar-refractivity contribution in [2.45, 2.75) is 6.92 Å². The largest absolute Gasteiger partial charge is 0.465 e. The Hall–Kier alpha value is -1.62. The van der Waals surface area contributed by atoms with E-state index in [1.54, 1.807) is 6.92 Å². The normalized spacial score (nSPS) is 15.6. The average molecular weight is 252 g/mol. The summed E-state index contributed by atoms with van der Waals surface area (Å²) in [5, 5.41) is 3.24.